The Labute approximate surface area is 157 Å². The van der Waals surface area contributed by atoms with Crippen molar-refractivity contribution < 1.29 is 9.47 Å². The Hall–Kier alpha value is -2.49. The smallest absolute Gasteiger partial charge is 0.115 e. The molecule has 1 aromatic carbocycles. The van der Waals surface area contributed by atoms with Crippen LogP contribution in [0.1, 0.15) is 49.5 Å². The molecular weight excluding hydrogens is 340 g/mol. The number of imidazole rings is 1. The number of fused-ring (bicyclic) bond motifs is 3. The summed E-state index contributed by atoms with van der Waals surface area (Å²) >= 11 is 0. The van der Waals surface area contributed by atoms with Gasteiger partial charge in [0.05, 0.1) is 41.6 Å². The summed E-state index contributed by atoms with van der Waals surface area (Å²) in [7, 11) is 0. The molecule has 4 heterocycles. The molecule has 0 amide bonds. The van der Waals surface area contributed by atoms with Gasteiger partial charge in [0, 0.05) is 30.6 Å². The van der Waals surface area contributed by atoms with Gasteiger partial charge in [-0.2, -0.15) is 5.26 Å². The van der Waals surface area contributed by atoms with Crippen LogP contribution in [0, 0.1) is 11.3 Å². The van der Waals surface area contributed by atoms with Crippen LogP contribution in [0.15, 0.2) is 24.4 Å². The average Bonchev–Trinajstić information content (AvgIpc) is 3.35. The van der Waals surface area contributed by atoms with Crippen molar-refractivity contribution in [2.45, 2.75) is 44.2 Å². The highest BCUT2D eigenvalue weighted by Gasteiger charge is 2.31. The van der Waals surface area contributed by atoms with Gasteiger partial charge in [0.15, 0.2) is 0 Å². The Kier molecular flexibility index (Phi) is 4.07. The fourth-order valence-corrected chi connectivity index (χ4v) is 4.47. The molecule has 27 heavy (non-hydrogen) atoms. The average molecular weight is 362 g/mol. The zero-order valence-electron chi connectivity index (χ0n) is 15.4. The maximum absolute atomic E-state index is 9.37. The van der Waals surface area contributed by atoms with Crippen molar-refractivity contribution in [3.05, 3.63) is 35.8 Å². The van der Waals surface area contributed by atoms with Gasteiger partial charge in [-0.25, -0.2) is 4.98 Å². The van der Waals surface area contributed by atoms with Crippen LogP contribution >= 0.6 is 0 Å². The Morgan fingerprint density at radius 2 is 2.15 bits per heavy atom. The molecule has 2 saturated heterocycles. The molecular formula is C21H22N4O2. The van der Waals surface area contributed by atoms with Crippen molar-refractivity contribution in [1.82, 2.24) is 14.5 Å². The molecule has 3 atom stereocenters. The molecule has 0 spiro atoms. The van der Waals surface area contributed by atoms with Crippen LogP contribution in [-0.4, -0.2) is 40.5 Å². The number of nitrogens with zero attached hydrogens (tertiary/aromatic N) is 4. The number of benzene rings is 1. The Balaban J connectivity index is 1.79. The zero-order chi connectivity index (χ0) is 18.4. The van der Waals surface area contributed by atoms with Crippen molar-refractivity contribution in [3.8, 4) is 6.07 Å². The molecule has 2 fully saturated rings. The van der Waals surface area contributed by atoms with Gasteiger partial charge in [-0.1, -0.05) is 0 Å². The summed E-state index contributed by atoms with van der Waals surface area (Å²) < 4.78 is 13.9. The lowest BCUT2D eigenvalue weighted by Crippen LogP contribution is -2.27. The molecule has 0 bridgehead atoms. The van der Waals surface area contributed by atoms with E-state index in [2.05, 4.69) is 22.5 Å². The quantitative estimate of drug-likeness (QED) is 0.695. The van der Waals surface area contributed by atoms with E-state index >= 15 is 0 Å². The van der Waals surface area contributed by atoms with Gasteiger partial charge in [-0.15, -0.1) is 0 Å². The SMILES string of the molecule is C[C@@H]1C[C@H](n2c([C@H]3CCOC3)nc3cnc4ccc(C#N)cc4c32)CCO1. The van der Waals surface area contributed by atoms with Crippen LogP contribution in [0.25, 0.3) is 21.9 Å². The molecule has 3 aromatic rings. The number of hydrogen-bond acceptors (Lipinski definition) is 5. The van der Waals surface area contributed by atoms with Crippen LogP contribution in [-0.2, 0) is 9.47 Å². The van der Waals surface area contributed by atoms with E-state index in [1.165, 1.54) is 0 Å². The summed E-state index contributed by atoms with van der Waals surface area (Å²) in [6.45, 7) is 4.40. The van der Waals surface area contributed by atoms with Gasteiger partial charge in [-0.05, 0) is 44.4 Å². The van der Waals surface area contributed by atoms with Gasteiger partial charge in [0.2, 0.25) is 0 Å². The van der Waals surface area contributed by atoms with E-state index in [0.717, 1.165) is 66.8 Å². The second kappa shape index (κ2) is 6.59. The first-order chi connectivity index (χ1) is 13.2. The molecule has 2 aliphatic heterocycles. The molecule has 0 unspecified atom stereocenters. The largest absolute Gasteiger partial charge is 0.381 e. The van der Waals surface area contributed by atoms with Gasteiger partial charge in [0.25, 0.3) is 0 Å². The van der Waals surface area contributed by atoms with E-state index < -0.39 is 0 Å². The van der Waals surface area contributed by atoms with Crippen molar-refractivity contribution in [2.75, 3.05) is 19.8 Å². The van der Waals surface area contributed by atoms with Crippen molar-refractivity contribution >= 4 is 21.9 Å². The molecule has 0 saturated carbocycles. The lowest BCUT2D eigenvalue weighted by molar-refractivity contribution is 0.00604. The van der Waals surface area contributed by atoms with E-state index in [0.29, 0.717) is 17.5 Å². The third-order valence-corrected chi connectivity index (χ3v) is 5.79. The maximum Gasteiger partial charge on any atom is 0.115 e. The number of rotatable bonds is 2. The number of nitriles is 1. The van der Waals surface area contributed by atoms with E-state index in [9.17, 15) is 5.26 Å². The molecule has 2 aromatic heterocycles. The van der Waals surface area contributed by atoms with Crippen molar-refractivity contribution in [2.24, 2.45) is 0 Å². The lowest BCUT2D eigenvalue weighted by atomic mass is 10.0. The Morgan fingerprint density at radius 3 is 2.93 bits per heavy atom. The summed E-state index contributed by atoms with van der Waals surface area (Å²) in [6.07, 6.45) is 5.03. The third-order valence-electron chi connectivity index (χ3n) is 5.79. The molecule has 0 aliphatic carbocycles. The molecule has 6 nitrogen and oxygen atoms in total. The Bertz CT molecular complexity index is 1050. The predicted octanol–water partition coefficient (Wildman–Crippen LogP) is 3.70. The number of pyridine rings is 1. The number of aromatic nitrogens is 3. The molecule has 138 valence electrons. The normalized spacial score (nSPS) is 25.9. The lowest BCUT2D eigenvalue weighted by Gasteiger charge is -2.30. The van der Waals surface area contributed by atoms with Gasteiger partial charge in [-0.3, -0.25) is 4.98 Å². The van der Waals surface area contributed by atoms with Crippen molar-refractivity contribution in [3.63, 3.8) is 0 Å². The zero-order valence-corrected chi connectivity index (χ0v) is 15.4. The first-order valence-electron chi connectivity index (χ1n) is 9.64. The van der Waals surface area contributed by atoms with Crippen LogP contribution < -0.4 is 0 Å². The second-order valence-electron chi connectivity index (χ2n) is 7.60. The fraction of sp³-hybridized carbons (Fsp3) is 0.476. The first kappa shape index (κ1) is 16.7. The minimum atomic E-state index is 0.233. The summed E-state index contributed by atoms with van der Waals surface area (Å²) in [5.74, 6) is 1.41. The highest BCUT2D eigenvalue weighted by Crippen LogP contribution is 2.37. The summed E-state index contributed by atoms with van der Waals surface area (Å²) in [6, 6.07) is 8.29. The number of ether oxygens (including phenoxy) is 2. The summed E-state index contributed by atoms with van der Waals surface area (Å²) in [4.78, 5) is 9.58. The van der Waals surface area contributed by atoms with Crippen LogP contribution in [0.5, 0.6) is 0 Å². The molecule has 0 N–H and O–H groups in total. The minimum Gasteiger partial charge on any atom is -0.381 e. The molecule has 0 radical (unpaired) electrons. The third kappa shape index (κ3) is 2.78. The van der Waals surface area contributed by atoms with E-state index in [4.69, 9.17) is 14.5 Å². The first-order valence-corrected chi connectivity index (χ1v) is 9.64. The van der Waals surface area contributed by atoms with Crippen molar-refractivity contribution in [1.29, 1.82) is 5.26 Å². The highest BCUT2D eigenvalue weighted by atomic mass is 16.5. The predicted molar refractivity (Wildman–Crippen MR) is 102 cm³/mol. The standard InChI is InChI=1S/C21H22N4O2/c1-13-8-16(5-7-27-13)25-20-17-9-14(10-22)2-3-18(17)23-11-19(20)24-21(25)15-4-6-26-12-15/h2-3,9,11,13,15-16H,4-8,12H2,1H3/t13-,15+,16-/m1/s1. The van der Waals surface area contributed by atoms with E-state index in [-0.39, 0.29) is 6.10 Å². The summed E-state index contributed by atoms with van der Waals surface area (Å²) in [5.41, 5.74) is 3.55. The molecule has 5 rings (SSSR count). The fourth-order valence-electron chi connectivity index (χ4n) is 4.47. The van der Waals surface area contributed by atoms with Crippen LogP contribution in [0.2, 0.25) is 0 Å². The second-order valence-corrected chi connectivity index (χ2v) is 7.60. The van der Waals surface area contributed by atoms with Gasteiger partial charge < -0.3 is 14.0 Å². The maximum atomic E-state index is 9.37. The van der Waals surface area contributed by atoms with Gasteiger partial charge in [0.1, 0.15) is 11.3 Å². The van der Waals surface area contributed by atoms with Crippen LogP contribution in [0.4, 0.5) is 0 Å². The monoisotopic (exact) mass is 362 g/mol. The minimum absolute atomic E-state index is 0.233. The Morgan fingerprint density at radius 1 is 1.22 bits per heavy atom. The molecule has 6 heteroatoms. The van der Waals surface area contributed by atoms with E-state index in [1.807, 2.05) is 24.4 Å². The van der Waals surface area contributed by atoms with Gasteiger partial charge >= 0.3 is 0 Å². The summed E-state index contributed by atoms with van der Waals surface area (Å²) in [5, 5.41) is 10.4. The van der Waals surface area contributed by atoms with Crippen LogP contribution in [0.3, 0.4) is 0 Å². The topological polar surface area (TPSA) is 73.0 Å². The highest BCUT2D eigenvalue weighted by molar-refractivity contribution is 6.03. The molecule has 2 aliphatic rings. The van der Waals surface area contributed by atoms with E-state index in [1.54, 1.807) is 0 Å². The number of hydrogen-bond donors (Lipinski definition) is 0.